The lowest BCUT2D eigenvalue weighted by Crippen LogP contribution is -2.27. The molecule has 2 aliphatic rings. The van der Waals surface area contributed by atoms with Crippen molar-refractivity contribution in [3.8, 4) is 17.2 Å². The molecule has 1 saturated carbocycles. The fourth-order valence-corrected chi connectivity index (χ4v) is 6.70. The fourth-order valence-electron chi connectivity index (χ4n) is 5.88. The molecule has 1 unspecified atom stereocenters. The second-order valence-electron chi connectivity index (χ2n) is 12.7. The Morgan fingerprint density at radius 1 is 1.04 bits per heavy atom. The van der Waals surface area contributed by atoms with Crippen LogP contribution in [0.3, 0.4) is 0 Å². The number of amides is 1. The molecule has 1 atom stereocenters. The SMILES string of the molecule is COS(=O)(=O)c1ccc(CC(C)O)cc1-n1c(C(C)(C)C)cc2cc(NC(=O)C3(c4ccc5c(c4)OC(F)(F)O5)CC3)ccc21. The van der Waals surface area contributed by atoms with Gasteiger partial charge in [0.15, 0.2) is 11.5 Å². The number of halogens is 2. The van der Waals surface area contributed by atoms with Crippen LogP contribution in [0, 0.1) is 0 Å². The minimum absolute atomic E-state index is 0.0168. The molecule has 4 aromatic rings. The van der Waals surface area contributed by atoms with Gasteiger partial charge >= 0.3 is 6.29 Å². The maximum Gasteiger partial charge on any atom is 0.586 e. The first-order valence-corrected chi connectivity index (χ1v) is 15.9. The summed E-state index contributed by atoms with van der Waals surface area (Å²) >= 11 is 0. The number of aliphatic hydroxyl groups is 1. The summed E-state index contributed by atoms with van der Waals surface area (Å²) in [6, 6.07) is 16.7. The molecule has 1 aromatic heterocycles. The van der Waals surface area contributed by atoms with Gasteiger partial charge in [-0.2, -0.15) is 8.42 Å². The topological polar surface area (TPSA) is 116 Å². The van der Waals surface area contributed by atoms with Crippen molar-refractivity contribution in [1.82, 2.24) is 4.57 Å². The van der Waals surface area contributed by atoms with Gasteiger partial charge in [0, 0.05) is 22.2 Å². The summed E-state index contributed by atoms with van der Waals surface area (Å²) in [5, 5.41) is 13.8. The van der Waals surface area contributed by atoms with Crippen LogP contribution in [0.25, 0.3) is 16.6 Å². The summed E-state index contributed by atoms with van der Waals surface area (Å²) in [7, 11) is -2.99. The van der Waals surface area contributed by atoms with Crippen LogP contribution in [0.15, 0.2) is 65.6 Å². The number of anilines is 1. The highest BCUT2D eigenvalue weighted by atomic mass is 32.2. The van der Waals surface area contributed by atoms with E-state index in [9.17, 15) is 27.1 Å². The van der Waals surface area contributed by atoms with Crippen LogP contribution in [0.2, 0.25) is 0 Å². The van der Waals surface area contributed by atoms with Gasteiger partial charge in [0.1, 0.15) is 4.90 Å². The van der Waals surface area contributed by atoms with Gasteiger partial charge in [0.05, 0.1) is 29.8 Å². The predicted octanol–water partition coefficient (Wildman–Crippen LogP) is 6.18. The molecule has 1 aliphatic heterocycles. The standard InChI is InChI=1S/C33H34F2N2O7S/c1-19(38)14-20-6-11-28(45(40,41)42-5)25(15-20)37-24-9-8-23(16-21(24)17-29(37)31(2,3)4)36-30(39)32(12-13-32)22-7-10-26-27(18-22)44-33(34,35)43-26/h6-11,15-19,38H,12-14H2,1-5H3,(H,36,39). The normalized spacial score (nSPS) is 17.3. The van der Waals surface area contributed by atoms with E-state index in [0.717, 1.165) is 23.8 Å². The van der Waals surface area contributed by atoms with Crippen LogP contribution >= 0.6 is 0 Å². The number of rotatable bonds is 8. The lowest BCUT2D eigenvalue weighted by Gasteiger charge is -2.24. The van der Waals surface area contributed by atoms with Gasteiger partial charge in [0.2, 0.25) is 5.91 Å². The molecule has 0 bridgehead atoms. The van der Waals surface area contributed by atoms with Crippen LogP contribution in [-0.4, -0.2) is 43.5 Å². The van der Waals surface area contributed by atoms with E-state index in [2.05, 4.69) is 14.8 Å². The smallest absolute Gasteiger partial charge is 0.395 e. The van der Waals surface area contributed by atoms with Crippen molar-refractivity contribution in [1.29, 1.82) is 0 Å². The number of carbonyl (C=O) groups excluding carboxylic acids is 1. The number of hydrogen-bond donors (Lipinski definition) is 2. The van der Waals surface area contributed by atoms with E-state index < -0.39 is 33.3 Å². The summed E-state index contributed by atoms with van der Waals surface area (Å²) in [4.78, 5) is 13.6. The first kappa shape index (κ1) is 31.0. The molecule has 0 spiro atoms. The molecule has 1 amide bonds. The van der Waals surface area contributed by atoms with Crippen molar-refractivity contribution in [2.45, 2.75) is 75.1 Å². The van der Waals surface area contributed by atoms with Crippen molar-refractivity contribution in [3.05, 3.63) is 77.5 Å². The first-order chi connectivity index (χ1) is 21.0. The third-order valence-electron chi connectivity index (χ3n) is 8.25. The maximum absolute atomic E-state index is 13.6. The molecule has 2 N–H and O–H groups in total. The van der Waals surface area contributed by atoms with Crippen molar-refractivity contribution in [2.24, 2.45) is 0 Å². The van der Waals surface area contributed by atoms with Crippen LogP contribution in [0.1, 0.15) is 57.4 Å². The van der Waals surface area contributed by atoms with Gasteiger partial charge < -0.3 is 24.5 Å². The van der Waals surface area contributed by atoms with E-state index in [1.54, 1.807) is 31.2 Å². The van der Waals surface area contributed by atoms with Crippen LogP contribution in [0.5, 0.6) is 11.5 Å². The molecule has 1 fully saturated rings. The van der Waals surface area contributed by atoms with Crippen molar-refractivity contribution in [2.75, 3.05) is 12.4 Å². The summed E-state index contributed by atoms with van der Waals surface area (Å²) in [5.74, 6) is -0.467. The lowest BCUT2D eigenvalue weighted by molar-refractivity contribution is -0.286. The molecular weight excluding hydrogens is 606 g/mol. The van der Waals surface area contributed by atoms with Gasteiger partial charge in [-0.25, -0.2) is 0 Å². The number of alkyl halides is 2. The van der Waals surface area contributed by atoms with Gasteiger partial charge in [-0.3, -0.25) is 8.98 Å². The molecule has 3 aromatic carbocycles. The molecule has 2 heterocycles. The number of aromatic nitrogens is 1. The number of benzene rings is 3. The number of carbonyl (C=O) groups is 1. The minimum atomic E-state index is -4.10. The summed E-state index contributed by atoms with van der Waals surface area (Å²) in [6.45, 7) is 7.71. The molecular formula is C33H34F2N2O7S. The Kier molecular flexibility index (Phi) is 7.26. The Hall–Kier alpha value is -4.00. The maximum atomic E-state index is 13.6. The number of ether oxygens (including phenoxy) is 2. The largest absolute Gasteiger partial charge is 0.586 e. The van der Waals surface area contributed by atoms with Crippen LogP contribution in [-0.2, 0) is 36.3 Å². The molecule has 238 valence electrons. The zero-order chi connectivity index (χ0) is 32.5. The van der Waals surface area contributed by atoms with Gasteiger partial charge in [0.25, 0.3) is 10.1 Å². The van der Waals surface area contributed by atoms with E-state index in [1.165, 1.54) is 18.2 Å². The molecule has 0 saturated heterocycles. The van der Waals surface area contributed by atoms with Crippen LogP contribution < -0.4 is 14.8 Å². The highest BCUT2D eigenvalue weighted by molar-refractivity contribution is 7.86. The average Bonchev–Trinajstić information content (AvgIpc) is 3.57. The second kappa shape index (κ2) is 10.5. The Morgan fingerprint density at radius 3 is 2.40 bits per heavy atom. The highest BCUT2D eigenvalue weighted by Crippen LogP contribution is 2.52. The Labute approximate surface area is 259 Å². The molecule has 1 aliphatic carbocycles. The van der Waals surface area contributed by atoms with E-state index in [4.69, 9.17) is 4.18 Å². The quantitative estimate of drug-likeness (QED) is 0.221. The van der Waals surface area contributed by atoms with Crippen molar-refractivity contribution < 1.29 is 40.8 Å². The second-order valence-corrected chi connectivity index (χ2v) is 14.4. The van der Waals surface area contributed by atoms with E-state index >= 15 is 0 Å². The number of aliphatic hydroxyl groups excluding tert-OH is 1. The summed E-state index contributed by atoms with van der Waals surface area (Å²) in [5.41, 5.74) is 2.44. The van der Waals surface area contributed by atoms with Gasteiger partial charge in [-0.15, -0.1) is 8.78 Å². The zero-order valence-electron chi connectivity index (χ0n) is 25.5. The van der Waals surface area contributed by atoms with E-state index in [0.29, 0.717) is 41.7 Å². The number of fused-ring (bicyclic) bond motifs is 2. The predicted molar refractivity (Wildman–Crippen MR) is 164 cm³/mol. The van der Waals surface area contributed by atoms with Crippen LogP contribution in [0.4, 0.5) is 14.5 Å². The zero-order valence-corrected chi connectivity index (χ0v) is 26.3. The lowest BCUT2D eigenvalue weighted by atomic mass is 9.91. The monoisotopic (exact) mass is 640 g/mol. The number of hydrogen-bond acceptors (Lipinski definition) is 7. The summed E-state index contributed by atoms with van der Waals surface area (Å²) < 4.78 is 69.1. The van der Waals surface area contributed by atoms with E-state index in [-0.39, 0.29) is 22.3 Å². The third-order valence-corrected chi connectivity index (χ3v) is 9.57. The van der Waals surface area contributed by atoms with Gasteiger partial charge in [-0.1, -0.05) is 32.9 Å². The third kappa shape index (κ3) is 5.66. The molecule has 6 rings (SSSR count). The average molecular weight is 641 g/mol. The Balaban J connectivity index is 1.39. The molecule has 0 radical (unpaired) electrons. The van der Waals surface area contributed by atoms with Crippen molar-refractivity contribution in [3.63, 3.8) is 0 Å². The van der Waals surface area contributed by atoms with E-state index in [1.807, 2.05) is 43.5 Å². The molecule has 45 heavy (non-hydrogen) atoms. The fraction of sp³-hybridized carbons (Fsp3) is 0.364. The molecule has 9 nitrogen and oxygen atoms in total. The Bertz CT molecular complexity index is 1940. The number of nitrogens with zero attached hydrogens (tertiary/aromatic N) is 1. The number of nitrogens with one attached hydrogen (secondary N) is 1. The minimum Gasteiger partial charge on any atom is -0.395 e. The molecule has 12 heteroatoms. The first-order valence-electron chi connectivity index (χ1n) is 14.5. The summed E-state index contributed by atoms with van der Waals surface area (Å²) in [6.07, 6.45) is -2.97. The van der Waals surface area contributed by atoms with Gasteiger partial charge in [-0.05, 0) is 85.8 Å². The Morgan fingerprint density at radius 2 is 1.76 bits per heavy atom. The highest BCUT2D eigenvalue weighted by Gasteiger charge is 2.52. The van der Waals surface area contributed by atoms with Crippen molar-refractivity contribution >= 4 is 32.6 Å².